The highest BCUT2D eigenvalue weighted by Gasteiger charge is 2.26. The summed E-state index contributed by atoms with van der Waals surface area (Å²) in [6, 6.07) is 7.89. The van der Waals surface area contributed by atoms with Crippen molar-refractivity contribution in [2.24, 2.45) is 0 Å². The van der Waals surface area contributed by atoms with Crippen molar-refractivity contribution in [3.05, 3.63) is 24.3 Å². The third-order valence-electron chi connectivity index (χ3n) is 3.42. The number of para-hydroxylation sites is 2. The van der Waals surface area contributed by atoms with Gasteiger partial charge in [-0.1, -0.05) is 12.1 Å². The normalized spacial score (nSPS) is 15.3. The van der Waals surface area contributed by atoms with Crippen molar-refractivity contribution >= 4 is 17.3 Å². The molecule has 1 amide bonds. The fourth-order valence-corrected chi connectivity index (χ4v) is 1.99. The third kappa shape index (κ3) is 2.64. The number of ether oxygens (including phenoxy) is 1. The molecule has 1 aromatic carbocycles. The van der Waals surface area contributed by atoms with Gasteiger partial charge in [0.15, 0.2) is 0 Å². The Balaban J connectivity index is 2.15. The average molecular weight is 248 g/mol. The molecule has 0 unspecified atom stereocenters. The second-order valence-electron chi connectivity index (χ2n) is 5.13. The van der Waals surface area contributed by atoms with E-state index in [1.807, 2.05) is 43.0 Å². The molecule has 1 aliphatic heterocycles. The highest BCUT2D eigenvalue weighted by Crippen LogP contribution is 2.29. The molecule has 98 valence electrons. The van der Waals surface area contributed by atoms with Crippen LogP contribution in [0.3, 0.4) is 0 Å². The molecular formula is C14H20N2O2. The highest BCUT2D eigenvalue weighted by atomic mass is 16.5. The monoisotopic (exact) mass is 248 g/mol. The second kappa shape index (κ2) is 4.98. The van der Waals surface area contributed by atoms with E-state index in [1.54, 1.807) is 7.11 Å². The van der Waals surface area contributed by atoms with Crippen molar-refractivity contribution in [1.29, 1.82) is 0 Å². The predicted octanol–water partition coefficient (Wildman–Crippen LogP) is 2.26. The Hall–Kier alpha value is -1.55. The molecule has 0 saturated heterocycles. The van der Waals surface area contributed by atoms with Gasteiger partial charge < -0.3 is 15.0 Å². The molecule has 2 rings (SSSR count). The molecule has 1 heterocycles. The van der Waals surface area contributed by atoms with Crippen LogP contribution in [0.25, 0.3) is 0 Å². The third-order valence-corrected chi connectivity index (χ3v) is 3.42. The van der Waals surface area contributed by atoms with Crippen LogP contribution in [0.5, 0.6) is 0 Å². The number of rotatable bonds is 4. The summed E-state index contributed by atoms with van der Waals surface area (Å²) in [6.45, 7) is 5.11. The minimum absolute atomic E-state index is 0.112. The first-order valence-corrected chi connectivity index (χ1v) is 6.22. The number of amides is 1. The number of anilines is 2. The molecule has 18 heavy (non-hydrogen) atoms. The van der Waals surface area contributed by atoms with Gasteiger partial charge in [0, 0.05) is 13.7 Å². The van der Waals surface area contributed by atoms with Crippen LogP contribution in [0.4, 0.5) is 11.4 Å². The van der Waals surface area contributed by atoms with Crippen LogP contribution in [0.15, 0.2) is 24.3 Å². The molecule has 1 aliphatic rings. The molecule has 0 aliphatic carbocycles. The number of fused-ring (bicyclic) bond motifs is 1. The Kier molecular flexibility index (Phi) is 3.57. The Morgan fingerprint density at radius 3 is 2.83 bits per heavy atom. The Morgan fingerprint density at radius 2 is 2.11 bits per heavy atom. The van der Waals surface area contributed by atoms with Crippen molar-refractivity contribution in [3.63, 3.8) is 0 Å². The molecule has 1 N–H and O–H groups in total. The molecule has 4 heteroatoms. The van der Waals surface area contributed by atoms with E-state index in [2.05, 4.69) is 5.32 Å². The SMILES string of the molecule is COC(C)(C)CCN1C(=O)CNc2ccccc21. The van der Waals surface area contributed by atoms with E-state index in [0.717, 1.165) is 17.8 Å². The lowest BCUT2D eigenvalue weighted by atomic mass is 10.0. The van der Waals surface area contributed by atoms with Crippen molar-refractivity contribution in [2.75, 3.05) is 30.4 Å². The molecule has 0 saturated carbocycles. The predicted molar refractivity (Wildman–Crippen MR) is 73.0 cm³/mol. The Bertz CT molecular complexity index is 443. The Labute approximate surface area is 108 Å². The first kappa shape index (κ1) is 12.9. The lowest BCUT2D eigenvalue weighted by molar-refractivity contribution is -0.117. The molecule has 4 nitrogen and oxygen atoms in total. The minimum Gasteiger partial charge on any atom is -0.379 e. The summed E-state index contributed by atoms with van der Waals surface area (Å²) in [5, 5.41) is 3.13. The van der Waals surface area contributed by atoms with Gasteiger partial charge in [-0.05, 0) is 32.4 Å². The van der Waals surface area contributed by atoms with Gasteiger partial charge in [0.25, 0.3) is 0 Å². The summed E-state index contributed by atoms with van der Waals surface area (Å²) >= 11 is 0. The van der Waals surface area contributed by atoms with E-state index >= 15 is 0 Å². The number of carbonyl (C=O) groups is 1. The van der Waals surface area contributed by atoms with Crippen molar-refractivity contribution in [2.45, 2.75) is 25.9 Å². The molecule has 1 aromatic rings. The number of carbonyl (C=O) groups excluding carboxylic acids is 1. The van der Waals surface area contributed by atoms with Crippen LogP contribution in [-0.4, -0.2) is 31.7 Å². The average Bonchev–Trinajstić information content (AvgIpc) is 2.37. The second-order valence-corrected chi connectivity index (χ2v) is 5.13. The molecular weight excluding hydrogens is 228 g/mol. The molecule has 0 atom stereocenters. The van der Waals surface area contributed by atoms with Crippen LogP contribution >= 0.6 is 0 Å². The van der Waals surface area contributed by atoms with Gasteiger partial charge in [-0.15, -0.1) is 0 Å². The van der Waals surface area contributed by atoms with Crippen LogP contribution in [-0.2, 0) is 9.53 Å². The number of methoxy groups -OCH3 is 1. The molecule has 0 fully saturated rings. The Morgan fingerprint density at radius 1 is 1.39 bits per heavy atom. The molecule has 0 aromatic heterocycles. The van der Waals surface area contributed by atoms with E-state index in [4.69, 9.17) is 4.74 Å². The highest BCUT2D eigenvalue weighted by molar-refractivity contribution is 6.02. The van der Waals surface area contributed by atoms with Crippen LogP contribution in [0, 0.1) is 0 Å². The zero-order chi connectivity index (χ0) is 13.2. The number of nitrogens with zero attached hydrogens (tertiary/aromatic N) is 1. The minimum atomic E-state index is -0.208. The number of benzene rings is 1. The van der Waals surface area contributed by atoms with Crippen LogP contribution in [0.2, 0.25) is 0 Å². The quantitative estimate of drug-likeness (QED) is 0.888. The maximum atomic E-state index is 12.0. The van der Waals surface area contributed by atoms with Crippen LogP contribution in [0.1, 0.15) is 20.3 Å². The first-order chi connectivity index (χ1) is 8.53. The maximum Gasteiger partial charge on any atom is 0.246 e. The zero-order valence-corrected chi connectivity index (χ0v) is 11.2. The summed E-state index contributed by atoms with van der Waals surface area (Å²) in [6.07, 6.45) is 0.809. The van der Waals surface area contributed by atoms with E-state index in [1.165, 1.54) is 0 Å². The summed E-state index contributed by atoms with van der Waals surface area (Å²) in [7, 11) is 1.70. The molecule has 0 bridgehead atoms. The fourth-order valence-electron chi connectivity index (χ4n) is 1.99. The first-order valence-electron chi connectivity index (χ1n) is 6.22. The van der Waals surface area contributed by atoms with E-state index in [0.29, 0.717) is 13.1 Å². The summed E-state index contributed by atoms with van der Waals surface area (Å²) < 4.78 is 5.40. The van der Waals surface area contributed by atoms with Gasteiger partial charge >= 0.3 is 0 Å². The van der Waals surface area contributed by atoms with Crippen molar-refractivity contribution in [3.8, 4) is 0 Å². The van der Waals surface area contributed by atoms with Gasteiger partial charge in [0.2, 0.25) is 5.91 Å². The van der Waals surface area contributed by atoms with Gasteiger partial charge in [-0.2, -0.15) is 0 Å². The lowest BCUT2D eigenvalue weighted by Crippen LogP contribution is -2.42. The largest absolute Gasteiger partial charge is 0.379 e. The maximum absolute atomic E-state index is 12.0. The van der Waals surface area contributed by atoms with E-state index < -0.39 is 0 Å². The smallest absolute Gasteiger partial charge is 0.246 e. The standard InChI is InChI=1S/C14H20N2O2/c1-14(2,18-3)8-9-16-12-7-5-4-6-11(12)15-10-13(16)17/h4-7,15H,8-10H2,1-3H3. The number of nitrogens with one attached hydrogen (secondary N) is 1. The molecule has 0 spiro atoms. The molecule has 0 radical (unpaired) electrons. The van der Waals surface area contributed by atoms with Crippen molar-refractivity contribution in [1.82, 2.24) is 0 Å². The van der Waals surface area contributed by atoms with E-state index in [-0.39, 0.29) is 11.5 Å². The number of hydrogen-bond donors (Lipinski definition) is 1. The van der Waals surface area contributed by atoms with Gasteiger partial charge in [-0.25, -0.2) is 0 Å². The summed E-state index contributed by atoms with van der Waals surface area (Å²) in [5.74, 6) is 0.112. The fraction of sp³-hybridized carbons (Fsp3) is 0.500. The zero-order valence-electron chi connectivity index (χ0n) is 11.2. The topological polar surface area (TPSA) is 41.6 Å². The van der Waals surface area contributed by atoms with Gasteiger partial charge in [-0.3, -0.25) is 4.79 Å². The van der Waals surface area contributed by atoms with E-state index in [9.17, 15) is 4.79 Å². The van der Waals surface area contributed by atoms with Gasteiger partial charge in [0.1, 0.15) is 0 Å². The van der Waals surface area contributed by atoms with Crippen LogP contribution < -0.4 is 10.2 Å². The number of hydrogen-bond acceptors (Lipinski definition) is 3. The summed E-state index contributed by atoms with van der Waals surface area (Å²) in [4.78, 5) is 13.8. The summed E-state index contributed by atoms with van der Waals surface area (Å²) in [5.41, 5.74) is 1.77. The van der Waals surface area contributed by atoms with Crippen molar-refractivity contribution < 1.29 is 9.53 Å². The van der Waals surface area contributed by atoms with Gasteiger partial charge in [0.05, 0.1) is 23.5 Å². The lowest BCUT2D eigenvalue weighted by Gasteiger charge is -2.33.